The molecular formula is C6H13O2. The van der Waals surface area contributed by atoms with Crippen LogP contribution >= 0.6 is 0 Å². The van der Waals surface area contributed by atoms with Gasteiger partial charge in [0.1, 0.15) is 0 Å². The third kappa shape index (κ3) is 2.99. The largest absolute Gasteiger partial charge is 0.354 e. The predicted molar refractivity (Wildman–Crippen MR) is 32.1 cm³/mol. The van der Waals surface area contributed by atoms with E-state index in [1.807, 2.05) is 20.8 Å². The van der Waals surface area contributed by atoms with Crippen molar-refractivity contribution in [3.63, 3.8) is 0 Å². The van der Waals surface area contributed by atoms with E-state index in [2.05, 4.69) is 0 Å². The standard InChI is InChI=1S/C6H13O2/c1-5-8-6(2,3)7-4/h5H,1-4H3. The molecule has 49 valence electrons. The first-order valence-corrected chi connectivity index (χ1v) is 2.63. The van der Waals surface area contributed by atoms with Crippen molar-refractivity contribution in [2.75, 3.05) is 7.11 Å². The molecule has 0 amide bonds. The number of ether oxygens (including phenoxy) is 2. The van der Waals surface area contributed by atoms with Gasteiger partial charge in [-0.25, -0.2) is 0 Å². The maximum atomic E-state index is 5.03. The molecule has 0 rings (SSSR count). The minimum atomic E-state index is -0.464. The highest BCUT2D eigenvalue weighted by Gasteiger charge is 2.14. The molecule has 0 fully saturated rings. The van der Waals surface area contributed by atoms with Crippen molar-refractivity contribution >= 4 is 0 Å². The van der Waals surface area contributed by atoms with Crippen molar-refractivity contribution in [2.24, 2.45) is 0 Å². The lowest BCUT2D eigenvalue weighted by molar-refractivity contribution is -0.174. The molecule has 0 unspecified atom stereocenters. The third-order valence-electron chi connectivity index (χ3n) is 0.893. The molecule has 0 aliphatic carbocycles. The van der Waals surface area contributed by atoms with Gasteiger partial charge in [0.25, 0.3) is 0 Å². The Morgan fingerprint density at radius 3 is 2.00 bits per heavy atom. The van der Waals surface area contributed by atoms with Crippen molar-refractivity contribution < 1.29 is 9.47 Å². The lowest BCUT2D eigenvalue weighted by Gasteiger charge is -2.21. The molecule has 0 N–H and O–H groups in total. The number of rotatable bonds is 3. The van der Waals surface area contributed by atoms with Crippen LogP contribution in [0.25, 0.3) is 0 Å². The third-order valence-corrected chi connectivity index (χ3v) is 0.893. The topological polar surface area (TPSA) is 18.5 Å². The molecule has 0 saturated heterocycles. The molecule has 0 aromatic heterocycles. The molecular weight excluding hydrogens is 104 g/mol. The zero-order chi connectivity index (χ0) is 6.62. The van der Waals surface area contributed by atoms with Gasteiger partial charge in [-0.05, 0) is 20.8 Å². The van der Waals surface area contributed by atoms with Gasteiger partial charge >= 0.3 is 0 Å². The van der Waals surface area contributed by atoms with Crippen LogP contribution in [0.4, 0.5) is 0 Å². The molecule has 0 aliphatic heterocycles. The van der Waals surface area contributed by atoms with Gasteiger partial charge < -0.3 is 9.47 Å². The Morgan fingerprint density at radius 1 is 1.38 bits per heavy atom. The molecule has 0 aromatic carbocycles. The maximum absolute atomic E-state index is 5.03. The molecule has 2 heteroatoms. The Hall–Kier alpha value is -0.0800. The summed E-state index contributed by atoms with van der Waals surface area (Å²) in [6.07, 6.45) is 0. The normalized spacial score (nSPS) is 12.0. The fraction of sp³-hybridized carbons (Fsp3) is 0.833. The van der Waals surface area contributed by atoms with Crippen LogP contribution in [0.2, 0.25) is 0 Å². The Kier molecular flexibility index (Phi) is 3.02. The monoisotopic (exact) mass is 117 g/mol. The quantitative estimate of drug-likeness (QED) is 0.522. The van der Waals surface area contributed by atoms with Crippen molar-refractivity contribution in [3.05, 3.63) is 6.61 Å². The van der Waals surface area contributed by atoms with Crippen molar-refractivity contribution in [1.82, 2.24) is 0 Å². The van der Waals surface area contributed by atoms with E-state index in [1.54, 1.807) is 13.7 Å². The van der Waals surface area contributed by atoms with Crippen molar-refractivity contribution in [2.45, 2.75) is 26.6 Å². The number of hydrogen-bond donors (Lipinski definition) is 0. The minimum absolute atomic E-state index is 0.464. The second-order valence-electron chi connectivity index (χ2n) is 1.96. The van der Waals surface area contributed by atoms with E-state index in [4.69, 9.17) is 9.47 Å². The highest BCUT2D eigenvalue weighted by molar-refractivity contribution is 4.53. The van der Waals surface area contributed by atoms with Crippen LogP contribution in [0.15, 0.2) is 0 Å². The average Bonchev–Trinajstić information content (AvgIpc) is 1.67. The van der Waals surface area contributed by atoms with E-state index in [9.17, 15) is 0 Å². The van der Waals surface area contributed by atoms with Gasteiger partial charge in [-0.3, -0.25) is 0 Å². The first-order valence-electron chi connectivity index (χ1n) is 2.63. The molecule has 2 nitrogen and oxygen atoms in total. The van der Waals surface area contributed by atoms with E-state index in [0.29, 0.717) is 0 Å². The zero-order valence-corrected chi connectivity index (χ0v) is 5.89. The lowest BCUT2D eigenvalue weighted by Crippen LogP contribution is -2.24. The van der Waals surface area contributed by atoms with Gasteiger partial charge in [0.2, 0.25) is 0 Å². The van der Waals surface area contributed by atoms with Crippen LogP contribution in [0.1, 0.15) is 20.8 Å². The van der Waals surface area contributed by atoms with E-state index in [1.165, 1.54) is 0 Å². The minimum Gasteiger partial charge on any atom is -0.354 e. The van der Waals surface area contributed by atoms with Crippen molar-refractivity contribution in [3.8, 4) is 0 Å². The van der Waals surface area contributed by atoms with Crippen LogP contribution in [-0.2, 0) is 9.47 Å². The molecule has 0 saturated carbocycles. The Balaban J connectivity index is 3.37. The first-order chi connectivity index (χ1) is 3.62. The van der Waals surface area contributed by atoms with Crippen LogP contribution in [0.3, 0.4) is 0 Å². The molecule has 0 atom stereocenters. The average molecular weight is 117 g/mol. The fourth-order valence-corrected chi connectivity index (χ4v) is 0.332. The summed E-state index contributed by atoms with van der Waals surface area (Å²) >= 11 is 0. The van der Waals surface area contributed by atoms with Crippen LogP contribution in [-0.4, -0.2) is 12.9 Å². The highest BCUT2D eigenvalue weighted by Crippen LogP contribution is 2.09. The van der Waals surface area contributed by atoms with E-state index in [0.717, 1.165) is 0 Å². The Morgan fingerprint density at radius 2 is 1.88 bits per heavy atom. The summed E-state index contributed by atoms with van der Waals surface area (Å²) in [6.45, 7) is 7.14. The van der Waals surface area contributed by atoms with Crippen LogP contribution in [0, 0.1) is 6.61 Å². The molecule has 0 spiro atoms. The predicted octanol–water partition coefficient (Wildman–Crippen LogP) is 1.57. The zero-order valence-electron chi connectivity index (χ0n) is 5.89. The smallest absolute Gasteiger partial charge is 0.162 e. The molecule has 0 heterocycles. The van der Waals surface area contributed by atoms with Gasteiger partial charge in [-0.2, -0.15) is 0 Å². The van der Waals surface area contributed by atoms with Gasteiger partial charge in [0, 0.05) is 7.11 Å². The van der Waals surface area contributed by atoms with Gasteiger partial charge in [-0.1, -0.05) is 0 Å². The van der Waals surface area contributed by atoms with E-state index in [-0.39, 0.29) is 0 Å². The second kappa shape index (κ2) is 3.05. The molecule has 0 aliphatic rings. The Labute approximate surface area is 50.8 Å². The summed E-state index contributed by atoms with van der Waals surface area (Å²) in [4.78, 5) is 0. The number of methoxy groups -OCH3 is 1. The SMILES string of the molecule is C[CH]OC(C)(C)OC. The van der Waals surface area contributed by atoms with Gasteiger partial charge in [-0.15, -0.1) is 0 Å². The van der Waals surface area contributed by atoms with Crippen LogP contribution < -0.4 is 0 Å². The summed E-state index contributed by atoms with van der Waals surface area (Å²) in [6, 6.07) is 0. The summed E-state index contributed by atoms with van der Waals surface area (Å²) in [7, 11) is 1.61. The summed E-state index contributed by atoms with van der Waals surface area (Å²) < 4.78 is 9.96. The molecule has 0 aromatic rings. The molecule has 8 heavy (non-hydrogen) atoms. The van der Waals surface area contributed by atoms with E-state index >= 15 is 0 Å². The Bertz CT molecular complexity index is 59.5. The van der Waals surface area contributed by atoms with Crippen molar-refractivity contribution in [1.29, 1.82) is 0 Å². The van der Waals surface area contributed by atoms with Gasteiger partial charge in [0.05, 0.1) is 6.61 Å². The van der Waals surface area contributed by atoms with Gasteiger partial charge in [0.15, 0.2) is 5.79 Å². The second-order valence-corrected chi connectivity index (χ2v) is 1.96. The molecule has 1 radical (unpaired) electrons. The summed E-state index contributed by atoms with van der Waals surface area (Å²) in [5.41, 5.74) is 0. The van der Waals surface area contributed by atoms with Crippen LogP contribution in [0.5, 0.6) is 0 Å². The fourth-order valence-electron chi connectivity index (χ4n) is 0.332. The summed E-state index contributed by atoms with van der Waals surface area (Å²) in [5.74, 6) is -0.464. The summed E-state index contributed by atoms with van der Waals surface area (Å²) in [5, 5.41) is 0. The highest BCUT2D eigenvalue weighted by atomic mass is 16.7. The molecule has 0 bridgehead atoms. The first kappa shape index (κ1) is 7.92. The number of hydrogen-bond acceptors (Lipinski definition) is 2. The van der Waals surface area contributed by atoms with E-state index < -0.39 is 5.79 Å². The maximum Gasteiger partial charge on any atom is 0.162 e. The lowest BCUT2D eigenvalue weighted by atomic mass is 10.4.